The van der Waals surface area contributed by atoms with Gasteiger partial charge in [0.05, 0.1) is 11.3 Å². The quantitative estimate of drug-likeness (QED) is 0.424. The first-order chi connectivity index (χ1) is 13.1. The van der Waals surface area contributed by atoms with E-state index in [4.69, 9.17) is 4.74 Å². The Hall–Kier alpha value is -3.93. The molecule has 6 nitrogen and oxygen atoms in total. The molecule has 134 valence electrons. The number of amides is 2. The van der Waals surface area contributed by atoms with Crippen molar-refractivity contribution in [2.75, 3.05) is 10.6 Å². The Labute approximate surface area is 155 Å². The van der Waals surface area contributed by atoms with E-state index < -0.39 is 17.8 Å². The van der Waals surface area contributed by atoms with Crippen molar-refractivity contribution >= 4 is 29.2 Å². The molecule has 0 bridgehead atoms. The first kappa shape index (κ1) is 17.9. The summed E-state index contributed by atoms with van der Waals surface area (Å²) in [5.74, 6) is -2.12. The Balaban J connectivity index is 1.69. The topological polar surface area (TPSA) is 84.5 Å². The highest BCUT2D eigenvalue weighted by molar-refractivity contribution is 6.43. The molecule has 6 heteroatoms. The van der Waals surface area contributed by atoms with Gasteiger partial charge in [0, 0.05) is 5.69 Å². The molecule has 0 atom stereocenters. The number of hydrogen-bond acceptors (Lipinski definition) is 4. The van der Waals surface area contributed by atoms with Crippen molar-refractivity contribution < 1.29 is 19.1 Å². The Kier molecular flexibility index (Phi) is 5.59. The average molecular weight is 360 g/mol. The van der Waals surface area contributed by atoms with Gasteiger partial charge in [0.15, 0.2) is 5.75 Å². The zero-order valence-corrected chi connectivity index (χ0v) is 14.2. The van der Waals surface area contributed by atoms with Crippen molar-refractivity contribution in [2.45, 2.75) is 0 Å². The van der Waals surface area contributed by atoms with Crippen LogP contribution in [-0.2, 0) is 9.59 Å². The van der Waals surface area contributed by atoms with E-state index >= 15 is 0 Å². The third kappa shape index (κ3) is 4.79. The maximum atomic E-state index is 12.2. The van der Waals surface area contributed by atoms with E-state index in [1.165, 1.54) is 6.07 Å². The van der Waals surface area contributed by atoms with Crippen LogP contribution >= 0.6 is 0 Å². The molecule has 3 aromatic carbocycles. The van der Waals surface area contributed by atoms with Crippen LogP contribution in [0.1, 0.15) is 10.4 Å². The maximum absolute atomic E-state index is 12.2. The molecule has 27 heavy (non-hydrogen) atoms. The van der Waals surface area contributed by atoms with E-state index in [9.17, 15) is 14.4 Å². The van der Waals surface area contributed by atoms with E-state index in [1.54, 1.807) is 78.9 Å². The van der Waals surface area contributed by atoms with Gasteiger partial charge >= 0.3 is 17.8 Å². The van der Waals surface area contributed by atoms with E-state index in [1.807, 2.05) is 0 Å². The zero-order chi connectivity index (χ0) is 19.1. The molecule has 3 rings (SSSR count). The van der Waals surface area contributed by atoms with Gasteiger partial charge in [-0.05, 0) is 36.4 Å². The van der Waals surface area contributed by atoms with Crippen molar-refractivity contribution in [3.63, 3.8) is 0 Å². The van der Waals surface area contributed by atoms with Crippen LogP contribution in [0.5, 0.6) is 5.75 Å². The number of ether oxygens (including phenoxy) is 1. The van der Waals surface area contributed by atoms with E-state index in [0.29, 0.717) is 11.3 Å². The fraction of sp³-hybridized carbons (Fsp3) is 0. The molecule has 0 saturated heterocycles. The van der Waals surface area contributed by atoms with Crippen molar-refractivity contribution in [1.82, 2.24) is 0 Å². The van der Waals surface area contributed by atoms with Gasteiger partial charge < -0.3 is 15.4 Å². The minimum Gasteiger partial charge on any atom is -0.421 e. The second kappa shape index (κ2) is 8.44. The van der Waals surface area contributed by atoms with Crippen LogP contribution in [0.3, 0.4) is 0 Å². The third-order valence-electron chi connectivity index (χ3n) is 3.59. The maximum Gasteiger partial charge on any atom is 0.343 e. The van der Waals surface area contributed by atoms with Crippen LogP contribution in [0.4, 0.5) is 11.4 Å². The first-order valence-electron chi connectivity index (χ1n) is 8.17. The smallest absolute Gasteiger partial charge is 0.343 e. The number of carbonyl (C=O) groups excluding carboxylic acids is 3. The van der Waals surface area contributed by atoms with Crippen LogP contribution in [0.15, 0.2) is 84.9 Å². The van der Waals surface area contributed by atoms with Crippen molar-refractivity contribution in [3.8, 4) is 5.75 Å². The summed E-state index contributed by atoms with van der Waals surface area (Å²) in [6.07, 6.45) is 0. The monoisotopic (exact) mass is 360 g/mol. The number of nitrogens with one attached hydrogen (secondary N) is 2. The molecule has 0 unspecified atom stereocenters. The van der Waals surface area contributed by atoms with Gasteiger partial charge in [-0.3, -0.25) is 9.59 Å². The lowest BCUT2D eigenvalue weighted by Gasteiger charge is -2.11. The summed E-state index contributed by atoms with van der Waals surface area (Å²) in [6, 6.07) is 23.5. The summed E-state index contributed by atoms with van der Waals surface area (Å²) < 4.78 is 5.35. The molecule has 0 fully saturated rings. The molecule has 0 radical (unpaired) electrons. The highest BCUT2D eigenvalue weighted by Gasteiger charge is 2.17. The molecule has 2 N–H and O–H groups in total. The van der Waals surface area contributed by atoms with Crippen molar-refractivity contribution in [3.05, 3.63) is 90.5 Å². The van der Waals surface area contributed by atoms with E-state index in [2.05, 4.69) is 10.6 Å². The Bertz CT molecular complexity index is 956. The number of esters is 1. The fourth-order valence-electron chi connectivity index (χ4n) is 2.28. The zero-order valence-electron chi connectivity index (χ0n) is 14.2. The highest BCUT2D eigenvalue weighted by Crippen LogP contribution is 2.24. The minimum atomic E-state index is -0.873. The number of hydrogen-bond donors (Lipinski definition) is 2. The predicted molar refractivity (Wildman–Crippen MR) is 102 cm³/mol. The largest absolute Gasteiger partial charge is 0.421 e. The summed E-state index contributed by atoms with van der Waals surface area (Å²) >= 11 is 0. The lowest BCUT2D eigenvalue weighted by molar-refractivity contribution is -0.133. The van der Waals surface area contributed by atoms with Gasteiger partial charge in [-0.15, -0.1) is 0 Å². The molecular formula is C21H16N2O4. The van der Waals surface area contributed by atoms with Gasteiger partial charge in [0.25, 0.3) is 0 Å². The third-order valence-corrected chi connectivity index (χ3v) is 3.59. The number of anilines is 2. The van der Waals surface area contributed by atoms with Crippen molar-refractivity contribution in [2.24, 2.45) is 0 Å². The predicted octanol–water partition coefficient (Wildman–Crippen LogP) is 3.48. The fourth-order valence-corrected chi connectivity index (χ4v) is 2.28. The highest BCUT2D eigenvalue weighted by atomic mass is 16.5. The van der Waals surface area contributed by atoms with E-state index in [0.717, 1.165) is 0 Å². The van der Waals surface area contributed by atoms with Crippen LogP contribution in [-0.4, -0.2) is 17.8 Å². The molecule has 0 spiro atoms. The van der Waals surface area contributed by atoms with Gasteiger partial charge in [0.1, 0.15) is 0 Å². The van der Waals surface area contributed by atoms with Crippen LogP contribution < -0.4 is 15.4 Å². The summed E-state index contributed by atoms with van der Waals surface area (Å²) in [4.78, 5) is 36.4. The molecule has 0 aliphatic carbocycles. The Morgan fingerprint density at radius 1 is 0.630 bits per heavy atom. The van der Waals surface area contributed by atoms with Gasteiger partial charge in [-0.25, -0.2) is 4.79 Å². The standard InChI is InChI=1S/C21H16N2O4/c24-19(22-16-11-5-2-6-12-16)20(25)23-17-13-7-8-14-18(17)27-21(26)15-9-3-1-4-10-15/h1-14H,(H,22,24)(H,23,25). The molecular weight excluding hydrogens is 344 g/mol. The SMILES string of the molecule is O=C(Nc1ccccc1)C(=O)Nc1ccccc1OC(=O)c1ccccc1. The van der Waals surface area contributed by atoms with Crippen LogP contribution in [0.25, 0.3) is 0 Å². The summed E-state index contributed by atoms with van der Waals surface area (Å²) in [7, 11) is 0. The molecule has 0 aliphatic heterocycles. The van der Waals surface area contributed by atoms with Gasteiger partial charge in [-0.2, -0.15) is 0 Å². The normalized spacial score (nSPS) is 9.93. The second-order valence-corrected chi connectivity index (χ2v) is 5.53. The molecule has 0 aromatic heterocycles. The molecule has 3 aromatic rings. The lowest BCUT2D eigenvalue weighted by atomic mass is 10.2. The van der Waals surface area contributed by atoms with Crippen molar-refractivity contribution in [1.29, 1.82) is 0 Å². The molecule has 0 heterocycles. The second-order valence-electron chi connectivity index (χ2n) is 5.53. The van der Waals surface area contributed by atoms with Gasteiger partial charge in [0.2, 0.25) is 0 Å². The summed E-state index contributed by atoms with van der Waals surface area (Å²) in [5, 5.41) is 4.95. The van der Waals surface area contributed by atoms with Crippen LogP contribution in [0, 0.1) is 0 Å². The average Bonchev–Trinajstić information content (AvgIpc) is 2.70. The Morgan fingerprint density at radius 3 is 1.89 bits per heavy atom. The van der Waals surface area contributed by atoms with Crippen LogP contribution in [0.2, 0.25) is 0 Å². The lowest BCUT2D eigenvalue weighted by Crippen LogP contribution is -2.29. The van der Waals surface area contributed by atoms with E-state index in [-0.39, 0.29) is 11.4 Å². The first-order valence-corrected chi connectivity index (χ1v) is 8.17. The Morgan fingerprint density at radius 2 is 1.19 bits per heavy atom. The number of rotatable bonds is 4. The number of para-hydroxylation sites is 3. The van der Waals surface area contributed by atoms with Gasteiger partial charge in [-0.1, -0.05) is 48.5 Å². The summed E-state index contributed by atoms with van der Waals surface area (Å²) in [6.45, 7) is 0. The summed E-state index contributed by atoms with van der Waals surface area (Å²) in [5.41, 5.74) is 1.09. The number of carbonyl (C=O) groups is 3. The molecule has 2 amide bonds. The molecule has 0 saturated carbocycles. The molecule has 0 aliphatic rings. The minimum absolute atomic E-state index is 0.146. The number of benzene rings is 3.